The zero-order chi connectivity index (χ0) is 13.4. The van der Waals surface area contributed by atoms with Crippen molar-refractivity contribution < 1.29 is 9.26 Å². The van der Waals surface area contributed by atoms with Crippen molar-refractivity contribution in [2.24, 2.45) is 0 Å². The molecule has 0 aliphatic heterocycles. The van der Waals surface area contributed by atoms with Crippen LogP contribution in [0.2, 0.25) is 0 Å². The smallest absolute Gasteiger partial charge is 0.228 e. The number of nitrogens with zero attached hydrogens (tertiary/aromatic N) is 2. The molecule has 5 nitrogen and oxygen atoms in total. The van der Waals surface area contributed by atoms with E-state index in [2.05, 4.69) is 36.2 Å². The van der Waals surface area contributed by atoms with Gasteiger partial charge in [-0.2, -0.15) is 4.98 Å². The summed E-state index contributed by atoms with van der Waals surface area (Å²) in [7, 11) is 1.68. The molecule has 0 radical (unpaired) electrons. The molecule has 5 heteroatoms. The fourth-order valence-electron chi connectivity index (χ4n) is 1.96. The fourth-order valence-corrected chi connectivity index (χ4v) is 1.96. The van der Waals surface area contributed by atoms with Gasteiger partial charge in [0.25, 0.3) is 0 Å². The van der Waals surface area contributed by atoms with Crippen LogP contribution >= 0.6 is 0 Å². The Morgan fingerprint density at radius 2 is 2.11 bits per heavy atom. The van der Waals surface area contributed by atoms with Crippen molar-refractivity contribution >= 4 is 0 Å². The van der Waals surface area contributed by atoms with Crippen LogP contribution in [0.15, 0.2) is 4.52 Å². The lowest BCUT2D eigenvalue weighted by atomic mass is 10.1. The van der Waals surface area contributed by atoms with Gasteiger partial charge in [0.1, 0.15) is 6.10 Å². The van der Waals surface area contributed by atoms with E-state index < -0.39 is 0 Å². The standard InChI is InChI=1S/C13H25N3O2/c1-5-8-11(17-4)13-15-12(18-16-13)9-10(6-2)14-7-3/h10-11,14H,5-9H2,1-4H3. The van der Waals surface area contributed by atoms with Crippen molar-refractivity contribution in [3.63, 3.8) is 0 Å². The van der Waals surface area contributed by atoms with Gasteiger partial charge in [0.2, 0.25) is 11.7 Å². The third-order valence-corrected chi connectivity index (χ3v) is 3.01. The predicted molar refractivity (Wildman–Crippen MR) is 70.4 cm³/mol. The summed E-state index contributed by atoms with van der Waals surface area (Å²) >= 11 is 0. The Bertz CT molecular complexity index is 328. The molecule has 0 spiro atoms. The van der Waals surface area contributed by atoms with Gasteiger partial charge in [0.15, 0.2) is 0 Å². The van der Waals surface area contributed by atoms with E-state index in [4.69, 9.17) is 9.26 Å². The summed E-state index contributed by atoms with van der Waals surface area (Å²) in [4.78, 5) is 4.43. The number of nitrogens with one attached hydrogen (secondary N) is 1. The summed E-state index contributed by atoms with van der Waals surface area (Å²) in [5.74, 6) is 1.36. The highest BCUT2D eigenvalue weighted by molar-refractivity contribution is 4.93. The molecular weight excluding hydrogens is 230 g/mol. The van der Waals surface area contributed by atoms with Crippen LogP contribution in [0.3, 0.4) is 0 Å². The Labute approximate surface area is 109 Å². The van der Waals surface area contributed by atoms with Crippen LogP contribution in [0.5, 0.6) is 0 Å². The summed E-state index contributed by atoms with van der Waals surface area (Å²) in [5.41, 5.74) is 0. The fraction of sp³-hybridized carbons (Fsp3) is 0.846. The van der Waals surface area contributed by atoms with Crippen molar-refractivity contribution in [3.8, 4) is 0 Å². The molecule has 0 aliphatic rings. The van der Waals surface area contributed by atoms with Crippen LogP contribution < -0.4 is 5.32 Å². The van der Waals surface area contributed by atoms with Gasteiger partial charge < -0.3 is 14.6 Å². The molecule has 0 saturated heterocycles. The van der Waals surface area contributed by atoms with Gasteiger partial charge in [0, 0.05) is 19.6 Å². The first kappa shape index (κ1) is 15.1. The third kappa shape index (κ3) is 4.38. The van der Waals surface area contributed by atoms with Gasteiger partial charge >= 0.3 is 0 Å². The highest BCUT2D eigenvalue weighted by atomic mass is 16.5. The molecule has 1 heterocycles. The van der Waals surface area contributed by atoms with Gasteiger partial charge in [-0.3, -0.25) is 0 Å². The van der Waals surface area contributed by atoms with E-state index in [0.717, 1.165) is 32.2 Å². The summed E-state index contributed by atoms with van der Waals surface area (Å²) in [6.45, 7) is 7.32. The Morgan fingerprint density at radius 1 is 1.33 bits per heavy atom. The molecule has 2 atom stereocenters. The molecular formula is C13H25N3O2. The van der Waals surface area contributed by atoms with Crippen molar-refractivity contribution in [3.05, 3.63) is 11.7 Å². The number of methoxy groups -OCH3 is 1. The highest BCUT2D eigenvalue weighted by Crippen LogP contribution is 2.19. The lowest BCUT2D eigenvalue weighted by molar-refractivity contribution is 0.0854. The summed E-state index contributed by atoms with van der Waals surface area (Å²) < 4.78 is 10.7. The molecule has 2 unspecified atom stereocenters. The van der Waals surface area contributed by atoms with Crippen molar-refractivity contribution in [1.29, 1.82) is 0 Å². The molecule has 1 N–H and O–H groups in total. The summed E-state index contributed by atoms with van der Waals surface area (Å²) in [6, 6.07) is 0.399. The monoisotopic (exact) mass is 255 g/mol. The molecule has 1 aromatic rings. The van der Waals surface area contributed by atoms with Crippen LogP contribution in [0, 0.1) is 0 Å². The van der Waals surface area contributed by atoms with Crippen molar-refractivity contribution in [2.75, 3.05) is 13.7 Å². The van der Waals surface area contributed by atoms with E-state index >= 15 is 0 Å². The van der Waals surface area contributed by atoms with Crippen molar-refractivity contribution in [1.82, 2.24) is 15.5 Å². The lowest BCUT2D eigenvalue weighted by Gasteiger charge is -2.12. The molecule has 104 valence electrons. The van der Waals surface area contributed by atoms with Crippen LogP contribution in [0.4, 0.5) is 0 Å². The first-order valence-corrected chi connectivity index (χ1v) is 6.83. The number of hydrogen-bond acceptors (Lipinski definition) is 5. The molecule has 18 heavy (non-hydrogen) atoms. The molecule has 1 aromatic heterocycles. The van der Waals surface area contributed by atoms with Crippen LogP contribution in [-0.2, 0) is 11.2 Å². The number of rotatable bonds is 9. The number of hydrogen-bond donors (Lipinski definition) is 1. The van der Waals surface area contributed by atoms with Gasteiger partial charge in [-0.05, 0) is 19.4 Å². The van der Waals surface area contributed by atoms with Gasteiger partial charge in [-0.15, -0.1) is 0 Å². The maximum absolute atomic E-state index is 5.37. The first-order valence-electron chi connectivity index (χ1n) is 6.83. The Kier molecular flexibility index (Phi) is 6.90. The van der Waals surface area contributed by atoms with Crippen molar-refractivity contribution in [2.45, 2.75) is 58.6 Å². The topological polar surface area (TPSA) is 60.2 Å². The van der Waals surface area contributed by atoms with E-state index in [1.165, 1.54) is 0 Å². The van der Waals surface area contributed by atoms with Gasteiger partial charge in [-0.25, -0.2) is 0 Å². The molecule has 1 rings (SSSR count). The van der Waals surface area contributed by atoms with E-state index in [-0.39, 0.29) is 6.10 Å². The van der Waals surface area contributed by atoms with E-state index in [9.17, 15) is 0 Å². The second-order valence-corrected chi connectivity index (χ2v) is 4.43. The molecule has 0 fully saturated rings. The van der Waals surface area contributed by atoms with Gasteiger partial charge in [0.05, 0.1) is 0 Å². The van der Waals surface area contributed by atoms with Crippen LogP contribution in [-0.4, -0.2) is 29.8 Å². The Morgan fingerprint density at radius 3 is 2.67 bits per heavy atom. The second-order valence-electron chi connectivity index (χ2n) is 4.43. The zero-order valence-electron chi connectivity index (χ0n) is 11.9. The average Bonchev–Trinajstić information content (AvgIpc) is 2.83. The lowest BCUT2D eigenvalue weighted by Crippen LogP contribution is -2.30. The zero-order valence-corrected chi connectivity index (χ0v) is 11.9. The quantitative estimate of drug-likeness (QED) is 0.734. The number of ether oxygens (including phenoxy) is 1. The largest absolute Gasteiger partial charge is 0.373 e. The second kappa shape index (κ2) is 8.21. The molecule has 0 aromatic carbocycles. The molecule has 0 saturated carbocycles. The Balaban J connectivity index is 2.61. The van der Waals surface area contributed by atoms with E-state index in [1.54, 1.807) is 7.11 Å². The summed E-state index contributed by atoms with van der Waals surface area (Å²) in [6.07, 6.45) is 3.73. The minimum absolute atomic E-state index is 0.0493. The highest BCUT2D eigenvalue weighted by Gasteiger charge is 2.18. The third-order valence-electron chi connectivity index (χ3n) is 3.01. The Hall–Kier alpha value is -0.940. The predicted octanol–water partition coefficient (Wildman–Crippen LogP) is 2.49. The van der Waals surface area contributed by atoms with Crippen LogP contribution in [0.1, 0.15) is 57.9 Å². The van der Waals surface area contributed by atoms with Crippen LogP contribution in [0.25, 0.3) is 0 Å². The first-order chi connectivity index (χ1) is 8.74. The molecule has 0 bridgehead atoms. The minimum Gasteiger partial charge on any atom is -0.373 e. The molecule has 0 amide bonds. The maximum atomic E-state index is 5.37. The SMILES string of the molecule is CCCC(OC)c1noc(CC(CC)NCC)n1. The van der Waals surface area contributed by atoms with Gasteiger partial charge in [-0.1, -0.05) is 32.3 Å². The normalized spacial score (nSPS) is 14.7. The van der Waals surface area contributed by atoms with E-state index in [1.807, 2.05) is 0 Å². The molecule has 0 aliphatic carbocycles. The average molecular weight is 255 g/mol. The maximum Gasteiger partial charge on any atom is 0.228 e. The number of likely N-dealkylation sites (N-methyl/N-ethyl adjacent to an activating group) is 1. The minimum atomic E-state index is -0.0493. The van der Waals surface area contributed by atoms with E-state index in [0.29, 0.717) is 17.8 Å². The number of aromatic nitrogens is 2. The summed E-state index contributed by atoms with van der Waals surface area (Å²) in [5, 5.41) is 7.41.